The monoisotopic (exact) mass is 286 g/mol. The Morgan fingerprint density at radius 2 is 2.00 bits per heavy atom. The highest BCUT2D eigenvalue weighted by atomic mass is 32.2. The predicted molar refractivity (Wildman–Crippen MR) is 75.9 cm³/mol. The first-order valence-corrected chi connectivity index (χ1v) is 7.94. The molecule has 1 saturated heterocycles. The number of carbonyl (C=O) groups excluding carboxylic acids is 3. The third kappa shape index (κ3) is 3.96. The van der Waals surface area contributed by atoms with E-state index in [0.717, 1.165) is 24.3 Å². The summed E-state index contributed by atoms with van der Waals surface area (Å²) >= 11 is 1.78. The van der Waals surface area contributed by atoms with Gasteiger partial charge < -0.3 is 0 Å². The summed E-state index contributed by atoms with van der Waals surface area (Å²) in [6.07, 6.45) is 1.99. The molecule has 1 rings (SSSR count). The molecule has 0 saturated carbocycles. The zero-order valence-corrected chi connectivity index (χ0v) is 12.6. The maximum absolute atomic E-state index is 12.2. The highest BCUT2D eigenvalue weighted by Crippen LogP contribution is 2.20. The van der Waals surface area contributed by atoms with Gasteiger partial charge in [-0.3, -0.25) is 19.8 Å². The minimum Gasteiger partial charge on any atom is -0.277 e. The summed E-state index contributed by atoms with van der Waals surface area (Å²) < 4.78 is 0. The molecule has 108 valence electrons. The Morgan fingerprint density at radius 3 is 2.58 bits per heavy atom. The van der Waals surface area contributed by atoms with E-state index in [-0.39, 0.29) is 11.9 Å². The molecule has 1 aliphatic heterocycles. The Bertz CT molecular complexity index is 360. The molecule has 4 amide bonds. The summed E-state index contributed by atoms with van der Waals surface area (Å²) in [4.78, 5) is 36.9. The van der Waals surface area contributed by atoms with Gasteiger partial charge in [0.1, 0.15) is 5.92 Å². The van der Waals surface area contributed by atoms with Gasteiger partial charge in [0.2, 0.25) is 11.8 Å². The zero-order valence-electron chi connectivity index (χ0n) is 11.8. The van der Waals surface area contributed by atoms with Crippen LogP contribution in [0.15, 0.2) is 0 Å². The Morgan fingerprint density at radius 1 is 1.32 bits per heavy atom. The van der Waals surface area contributed by atoms with Gasteiger partial charge in [0.25, 0.3) is 0 Å². The summed E-state index contributed by atoms with van der Waals surface area (Å²) in [5.41, 5.74) is 0. The third-order valence-electron chi connectivity index (χ3n) is 3.20. The zero-order chi connectivity index (χ0) is 14.4. The number of hydrogen-bond acceptors (Lipinski definition) is 4. The first kappa shape index (κ1) is 16.0. The van der Waals surface area contributed by atoms with Gasteiger partial charge in [-0.25, -0.2) is 4.79 Å². The van der Waals surface area contributed by atoms with Gasteiger partial charge in [0.15, 0.2) is 0 Å². The second kappa shape index (κ2) is 7.53. The van der Waals surface area contributed by atoms with Crippen LogP contribution in [0.4, 0.5) is 4.79 Å². The number of amides is 4. The van der Waals surface area contributed by atoms with Crippen molar-refractivity contribution in [2.75, 3.05) is 11.5 Å². The van der Waals surface area contributed by atoms with Crippen molar-refractivity contribution < 1.29 is 14.4 Å². The minimum absolute atomic E-state index is 0.168. The second-order valence-corrected chi connectivity index (χ2v) is 6.07. The summed E-state index contributed by atoms with van der Waals surface area (Å²) in [6.45, 7) is 5.85. The van der Waals surface area contributed by atoms with E-state index < -0.39 is 17.9 Å². The molecule has 0 aromatic heterocycles. The molecule has 2 unspecified atom stereocenters. The fourth-order valence-electron chi connectivity index (χ4n) is 2.12. The third-order valence-corrected chi connectivity index (χ3v) is 4.14. The van der Waals surface area contributed by atoms with Crippen LogP contribution >= 0.6 is 11.8 Å². The highest BCUT2D eigenvalue weighted by molar-refractivity contribution is 7.99. The number of nitrogens with zero attached hydrogens (tertiary/aromatic N) is 1. The van der Waals surface area contributed by atoms with Crippen LogP contribution in [0, 0.1) is 5.92 Å². The van der Waals surface area contributed by atoms with Crippen molar-refractivity contribution in [1.29, 1.82) is 0 Å². The number of nitrogens with one attached hydrogen (secondary N) is 1. The van der Waals surface area contributed by atoms with Gasteiger partial charge in [-0.05, 0) is 31.3 Å². The number of carbonyl (C=O) groups is 3. The molecule has 0 aromatic rings. The molecular formula is C13H22N2O3S. The molecule has 1 aliphatic rings. The molecule has 0 radical (unpaired) electrons. The number of hydrogen-bond donors (Lipinski definition) is 1. The first-order valence-electron chi connectivity index (χ1n) is 6.78. The number of rotatable bonds is 7. The van der Waals surface area contributed by atoms with E-state index in [1.54, 1.807) is 11.8 Å². The van der Waals surface area contributed by atoms with Gasteiger partial charge in [0, 0.05) is 6.04 Å². The van der Waals surface area contributed by atoms with Crippen LogP contribution in [0.2, 0.25) is 0 Å². The van der Waals surface area contributed by atoms with Crippen LogP contribution in [0.25, 0.3) is 0 Å². The van der Waals surface area contributed by atoms with Gasteiger partial charge in [-0.15, -0.1) is 0 Å². The molecule has 0 aliphatic carbocycles. The van der Waals surface area contributed by atoms with Gasteiger partial charge in [-0.2, -0.15) is 11.8 Å². The van der Waals surface area contributed by atoms with Crippen molar-refractivity contribution in [2.45, 2.75) is 46.1 Å². The second-order valence-electron chi connectivity index (χ2n) is 4.68. The smallest absolute Gasteiger partial charge is 0.277 e. The Balaban J connectivity index is 2.71. The quantitative estimate of drug-likeness (QED) is 0.574. The number of imide groups is 2. The van der Waals surface area contributed by atoms with E-state index in [9.17, 15) is 14.4 Å². The molecule has 1 heterocycles. The summed E-state index contributed by atoms with van der Waals surface area (Å²) in [6, 6.07) is -0.740. The highest BCUT2D eigenvalue weighted by Gasteiger charge is 2.41. The lowest BCUT2D eigenvalue weighted by Gasteiger charge is -2.34. The number of barbiturate groups is 1. The van der Waals surface area contributed by atoms with Crippen LogP contribution in [0.1, 0.15) is 40.0 Å². The Kier molecular flexibility index (Phi) is 6.34. The van der Waals surface area contributed by atoms with Crippen molar-refractivity contribution in [3.05, 3.63) is 0 Å². The molecule has 1 N–H and O–H groups in total. The average Bonchev–Trinajstić information content (AvgIpc) is 2.34. The lowest BCUT2D eigenvalue weighted by molar-refractivity contribution is -0.144. The lowest BCUT2D eigenvalue weighted by atomic mass is 9.98. The maximum atomic E-state index is 12.2. The topological polar surface area (TPSA) is 66.5 Å². The fraction of sp³-hybridized carbons (Fsp3) is 0.769. The van der Waals surface area contributed by atoms with E-state index >= 15 is 0 Å². The van der Waals surface area contributed by atoms with Crippen molar-refractivity contribution in [3.8, 4) is 0 Å². The lowest BCUT2D eigenvalue weighted by Crippen LogP contribution is -2.60. The van der Waals surface area contributed by atoms with E-state index in [1.807, 2.05) is 13.8 Å². The molecule has 0 aromatic carbocycles. The van der Waals surface area contributed by atoms with Crippen molar-refractivity contribution in [3.63, 3.8) is 0 Å². The first-order chi connectivity index (χ1) is 9.02. The molecule has 0 spiro atoms. The van der Waals surface area contributed by atoms with E-state index in [1.165, 1.54) is 4.90 Å². The summed E-state index contributed by atoms with van der Waals surface area (Å²) in [5.74, 6) is 0.419. The summed E-state index contributed by atoms with van der Waals surface area (Å²) in [7, 11) is 0. The van der Waals surface area contributed by atoms with Crippen LogP contribution < -0.4 is 5.32 Å². The van der Waals surface area contributed by atoms with Gasteiger partial charge >= 0.3 is 6.03 Å². The van der Waals surface area contributed by atoms with Crippen molar-refractivity contribution in [1.82, 2.24) is 10.2 Å². The van der Waals surface area contributed by atoms with Crippen molar-refractivity contribution >= 4 is 29.6 Å². The normalized spacial score (nSPS) is 21.5. The van der Waals surface area contributed by atoms with Gasteiger partial charge in [-0.1, -0.05) is 20.3 Å². The summed E-state index contributed by atoms with van der Waals surface area (Å²) in [5, 5.41) is 2.29. The molecule has 2 atom stereocenters. The van der Waals surface area contributed by atoms with E-state index in [4.69, 9.17) is 0 Å². The van der Waals surface area contributed by atoms with Crippen LogP contribution in [-0.4, -0.2) is 40.3 Å². The molecule has 5 nitrogen and oxygen atoms in total. The molecule has 19 heavy (non-hydrogen) atoms. The molecule has 1 fully saturated rings. The van der Waals surface area contributed by atoms with Crippen LogP contribution in [0.5, 0.6) is 0 Å². The largest absolute Gasteiger partial charge is 0.331 e. The van der Waals surface area contributed by atoms with E-state index in [2.05, 4.69) is 12.2 Å². The van der Waals surface area contributed by atoms with E-state index in [0.29, 0.717) is 6.42 Å². The Labute approximate surface area is 118 Å². The SMILES string of the molecule is CCCC1C(=O)NC(=O)N(C(C)CCSCC)C1=O. The maximum Gasteiger partial charge on any atom is 0.331 e. The van der Waals surface area contributed by atoms with Crippen LogP contribution in [-0.2, 0) is 9.59 Å². The molecule has 0 bridgehead atoms. The number of thioether (sulfide) groups is 1. The van der Waals surface area contributed by atoms with Crippen LogP contribution in [0.3, 0.4) is 0 Å². The Hall–Kier alpha value is -1.04. The predicted octanol–water partition coefficient (Wildman–Crippen LogP) is 2.01. The molecule has 6 heteroatoms. The van der Waals surface area contributed by atoms with Gasteiger partial charge in [0.05, 0.1) is 0 Å². The molecular weight excluding hydrogens is 264 g/mol. The standard InChI is InChI=1S/C13H22N2O3S/c1-4-6-10-11(16)14-13(18)15(12(10)17)9(3)7-8-19-5-2/h9-10H,4-8H2,1-3H3,(H,14,16,18). The van der Waals surface area contributed by atoms with Crippen molar-refractivity contribution in [2.24, 2.45) is 5.92 Å². The minimum atomic E-state index is -0.705. The fourth-order valence-corrected chi connectivity index (χ4v) is 2.92. The number of urea groups is 1. The average molecular weight is 286 g/mol.